The Kier molecular flexibility index (Phi) is 7.97. The van der Waals surface area contributed by atoms with Crippen LogP contribution in [0, 0.1) is 5.92 Å². The zero-order chi connectivity index (χ0) is 11.9. The van der Waals surface area contributed by atoms with Gasteiger partial charge in [0.25, 0.3) is 0 Å². The maximum absolute atomic E-state index is 5.58. The average molecular weight is 367 g/mol. The molecule has 0 unspecified atom stereocenters. The van der Waals surface area contributed by atoms with Gasteiger partial charge in [0.05, 0.1) is 6.61 Å². The molecule has 18 heavy (non-hydrogen) atoms. The van der Waals surface area contributed by atoms with Gasteiger partial charge in [-0.3, -0.25) is 4.99 Å². The van der Waals surface area contributed by atoms with Crippen molar-refractivity contribution in [1.29, 1.82) is 0 Å². The molecule has 0 amide bonds. The minimum atomic E-state index is 0. The first-order valence-corrected chi connectivity index (χ1v) is 6.93. The first-order valence-electron chi connectivity index (χ1n) is 6.93. The fourth-order valence-corrected chi connectivity index (χ4v) is 2.23. The normalized spacial score (nSPS) is 20.6. The molecule has 0 radical (unpaired) electrons. The van der Waals surface area contributed by atoms with Crippen LogP contribution in [-0.2, 0) is 4.74 Å². The monoisotopic (exact) mass is 367 g/mol. The van der Waals surface area contributed by atoms with E-state index < -0.39 is 0 Å². The van der Waals surface area contributed by atoms with Crippen LogP contribution in [0.1, 0.15) is 38.5 Å². The molecule has 0 saturated heterocycles. The minimum absolute atomic E-state index is 0. The summed E-state index contributed by atoms with van der Waals surface area (Å²) in [6, 6.07) is 0.619. The largest absolute Gasteiger partial charge is 0.379 e. The number of nitrogens with one attached hydrogen (secondary N) is 2. The lowest BCUT2D eigenvalue weighted by Crippen LogP contribution is -2.43. The van der Waals surface area contributed by atoms with E-state index in [0.717, 1.165) is 31.6 Å². The standard InChI is InChI=1S/C13H25N3O.HI/c1-14-13(16-12-4-2-3-5-12)15-8-9-17-10-11-6-7-11;/h11-12H,2-10H2,1H3,(H2,14,15,16);1H. The molecular formula is C13H26IN3O. The highest BCUT2D eigenvalue weighted by atomic mass is 127. The van der Waals surface area contributed by atoms with Gasteiger partial charge in [0.2, 0.25) is 0 Å². The highest BCUT2D eigenvalue weighted by Crippen LogP contribution is 2.28. The fraction of sp³-hybridized carbons (Fsp3) is 0.923. The Bertz CT molecular complexity index is 251. The van der Waals surface area contributed by atoms with Crippen molar-refractivity contribution >= 4 is 29.9 Å². The summed E-state index contributed by atoms with van der Waals surface area (Å²) in [5.74, 6) is 1.78. The molecule has 2 aliphatic carbocycles. The van der Waals surface area contributed by atoms with Crippen LogP contribution in [-0.4, -0.2) is 38.8 Å². The van der Waals surface area contributed by atoms with Crippen LogP contribution in [0.5, 0.6) is 0 Å². The molecule has 0 aromatic rings. The minimum Gasteiger partial charge on any atom is -0.379 e. The number of ether oxygens (including phenoxy) is 1. The molecule has 0 atom stereocenters. The third-order valence-electron chi connectivity index (χ3n) is 3.51. The van der Waals surface area contributed by atoms with E-state index in [4.69, 9.17) is 4.74 Å². The van der Waals surface area contributed by atoms with Crippen LogP contribution < -0.4 is 10.6 Å². The Labute approximate surface area is 127 Å². The van der Waals surface area contributed by atoms with Gasteiger partial charge in [0, 0.05) is 26.2 Å². The SMILES string of the molecule is CN=C(NCCOCC1CC1)NC1CCCC1.I. The Morgan fingerprint density at radius 2 is 1.94 bits per heavy atom. The number of aliphatic imine (C=N–C) groups is 1. The second-order valence-corrected chi connectivity index (χ2v) is 5.14. The van der Waals surface area contributed by atoms with Crippen LogP contribution in [0.2, 0.25) is 0 Å². The Hall–Kier alpha value is -0.0400. The highest BCUT2D eigenvalue weighted by Gasteiger charge is 2.21. The van der Waals surface area contributed by atoms with Crippen LogP contribution in [0.15, 0.2) is 4.99 Å². The van der Waals surface area contributed by atoms with Gasteiger partial charge in [0.15, 0.2) is 5.96 Å². The van der Waals surface area contributed by atoms with Gasteiger partial charge in [-0.15, -0.1) is 24.0 Å². The van der Waals surface area contributed by atoms with Crippen molar-refractivity contribution in [3.05, 3.63) is 0 Å². The number of hydrogen-bond donors (Lipinski definition) is 2. The lowest BCUT2D eigenvalue weighted by atomic mass is 10.2. The number of rotatable bonds is 6. The summed E-state index contributed by atoms with van der Waals surface area (Å²) in [5, 5.41) is 6.77. The number of nitrogens with zero attached hydrogens (tertiary/aromatic N) is 1. The number of guanidine groups is 1. The molecule has 0 aromatic heterocycles. The van der Waals surface area contributed by atoms with Crippen molar-refractivity contribution in [1.82, 2.24) is 10.6 Å². The topological polar surface area (TPSA) is 45.7 Å². The molecule has 106 valence electrons. The smallest absolute Gasteiger partial charge is 0.191 e. The molecule has 0 aliphatic heterocycles. The number of halogens is 1. The summed E-state index contributed by atoms with van der Waals surface area (Å²) in [4.78, 5) is 4.24. The van der Waals surface area contributed by atoms with Gasteiger partial charge in [0.1, 0.15) is 0 Å². The average Bonchev–Trinajstić information content (AvgIpc) is 3.02. The highest BCUT2D eigenvalue weighted by molar-refractivity contribution is 14.0. The first-order chi connectivity index (χ1) is 8.38. The van der Waals surface area contributed by atoms with Crippen molar-refractivity contribution in [2.45, 2.75) is 44.6 Å². The molecular weight excluding hydrogens is 341 g/mol. The maximum Gasteiger partial charge on any atom is 0.191 e. The zero-order valence-electron chi connectivity index (χ0n) is 11.3. The van der Waals surface area contributed by atoms with Gasteiger partial charge in [-0.1, -0.05) is 12.8 Å². The Morgan fingerprint density at radius 3 is 2.56 bits per heavy atom. The molecule has 0 aromatic carbocycles. The van der Waals surface area contributed by atoms with E-state index in [0.29, 0.717) is 6.04 Å². The van der Waals surface area contributed by atoms with Crippen molar-refractivity contribution < 1.29 is 4.74 Å². The fourth-order valence-electron chi connectivity index (χ4n) is 2.23. The molecule has 2 aliphatic rings. The van der Waals surface area contributed by atoms with Crippen molar-refractivity contribution in [3.63, 3.8) is 0 Å². The first kappa shape index (κ1) is 16.0. The number of hydrogen-bond acceptors (Lipinski definition) is 2. The molecule has 2 fully saturated rings. The molecule has 0 spiro atoms. The Morgan fingerprint density at radius 1 is 1.22 bits per heavy atom. The van der Waals surface area contributed by atoms with Crippen molar-refractivity contribution in [3.8, 4) is 0 Å². The van der Waals surface area contributed by atoms with E-state index in [-0.39, 0.29) is 24.0 Å². The summed E-state index contributed by atoms with van der Waals surface area (Å²) in [5.41, 5.74) is 0. The van der Waals surface area contributed by atoms with E-state index in [2.05, 4.69) is 15.6 Å². The molecule has 2 N–H and O–H groups in total. The van der Waals surface area contributed by atoms with Gasteiger partial charge in [-0.25, -0.2) is 0 Å². The quantitative estimate of drug-likeness (QED) is 0.327. The van der Waals surface area contributed by atoms with Crippen LogP contribution >= 0.6 is 24.0 Å². The molecule has 0 heterocycles. The van der Waals surface area contributed by atoms with E-state index in [1.54, 1.807) is 0 Å². The van der Waals surface area contributed by atoms with Gasteiger partial charge >= 0.3 is 0 Å². The summed E-state index contributed by atoms with van der Waals surface area (Å²) >= 11 is 0. The lowest BCUT2D eigenvalue weighted by Gasteiger charge is -2.16. The van der Waals surface area contributed by atoms with E-state index in [1.165, 1.54) is 38.5 Å². The summed E-state index contributed by atoms with van der Waals surface area (Å²) in [7, 11) is 1.83. The van der Waals surface area contributed by atoms with Gasteiger partial charge in [-0.05, 0) is 31.6 Å². The second kappa shape index (κ2) is 8.96. The second-order valence-electron chi connectivity index (χ2n) is 5.14. The Balaban J connectivity index is 0.00000162. The van der Waals surface area contributed by atoms with Crippen LogP contribution in [0.3, 0.4) is 0 Å². The molecule has 2 saturated carbocycles. The zero-order valence-corrected chi connectivity index (χ0v) is 13.6. The third kappa shape index (κ3) is 6.22. The van der Waals surface area contributed by atoms with Gasteiger partial charge < -0.3 is 15.4 Å². The van der Waals surface area contributed by atoms with Gasteiger partial charge in [-0.2, -0.15) is 0 Å². The van der Waals surface area contributed by atoms with Crippen molar-refractivity contribution in [2.24, 2.45) is 10.9 Å². The predicted molar refractivity (Wildman–Crippen MR) is 85.7 cm³/mol. The summed E-state index contributed by atoms with van der Waals surface area (Å²) in [6.07, 6.45) is 7.97. The molecule has 4 nitrogen and oxygen atoms in total. The third-order valence-corrected chi connectivity index (χ3v) is 3.51. The summed E-state index contributed by atoms with van der Waals surface area (Å²) in [6.45, 7) is 2.57. The van der Waals surface area contributed by atoms with E-state index >= 15 is 0 Å². The summed E-state index contributed by atoms with van der Waals surface area (Å²) < 4.78 is 5.58. The van der Waals surface area contributed by atoms with Crippen LogP contribution in [0.25, 0.3) is 0 Å². The predicted octanol–water partition coefficient (Wildman–Crippen LogP) is 2.14. The molecule has 5 heteroatoms. The molecule has 0 bridgehead atoms. The van der Waals surface area contributed by atoms with E-state index in [1.807, 2.05) is 7.05 Å². The lowest BCUT2D eigenvalue weighted by molar-refractivity contribution is 0.129. The molecule has 2 rings (SSSR count). The van der Waals surface area contributed by atoms with Crippen molar-refractivity contribution in [2.75, 3.05) is 26.8 Å². The van der Waals surface area contributed by atoms with E-state index in [9.17, 15) is 0 Å². The van der Waals surface area contributed by atoms with Crippen LogP contribution in [0.4, 0.5) is 0 Å². The maximum atomic E-state index is 5.58.